The van der Waals surface area contributed by atoms with Crippen LogP contribution in [0.1, 0.15) is 13.8 Å². The van der Waals surface area contributed by atoms with Crippen LogP contribution in [0, 0.1) is 0 Å². The van der Waals surface area contributed by atoms with Crippen molar-refractivity contribution < 1.29 is 8.42 Å². The minimum absolute atomic E-state index is 0.141. The highest BCUT2D eigenvalue weighted by Gasteiger charge is 2.27. The fourth-order valence-electron chi connectivity index (χ4n) is 1.56. The van der Waals surface area contributed by atoms with Gasteiger partial charge in [-0.3, -0.25) is 0 Å². The number of sulfonamides is 1. The standard InChI is InChI=1S/C12H18N2O2S/c1-4-9-14(10(2)3)17(15,16)12-8-6-5-7-11(12)13/h4-8,10H,1,9,13H2,2-3H3. The van der Waals surface area contributed by atoms with Gasteiger partial charge in [0.1, 0.15) is 4.90 Å². The third-order valence-corrected chi connectivity index (χ3v) is 4.51. The first-order valence-corrected chi connectivity index (χ1v) is 6.82. The van der Waals surface area contributed by atoms with Crippen molar-refractivity contribution in [3.05, 3.63) is 36.9 Å². The average Bonchev–Trinajstić information content (AvgIpc) is 2.25. The topological polar surface area (TPSA) is 63.4 Å². The van der Waals surface area contributed by atoms with Gasteiger partial charge in [-0.05, 0) is 26.0 Å². The Morgan fingerprint density at radius 3 is 2.47 bits per heavy atom. The van der Waals surface area contributed by atoms with E-state index in [2.05, 4.69) is 6.58 Å². The van der Waals surface area contributed by atoms with Gasteiger partial charge in [0, 0.05) is 12.6 Å². The molecule has 0 saturated carbocycles. The van der Waals surface area contributed by atoms with Gasteiger partial charge in [0.05, 0.1) is 5.69 Å². The molecule has 0 saturated heterocycles. The van der Waals surface area contributed by atoms with Gasteiger partial charge in [0.15, 0.2) is 0 Å². The molecule has 0 spiro atoms. The average molecular weight is 254 g/mol. The maximum atomic E-state index is 12.4. The highest BCUT2D eigenvalue weighted by molar-refractivity contribution is 7.89. The summed E-state index contributed by atoms with van der Waals surface area (Å²) in [7, 11) is -3.56. The number of nitrogen functional groups attached to an aromatic ring is 1. The first kappa shape index (κ1) is 13.7. The molecule has 2 N–H and O–H groups in total. The predicted octanol–water partition coefficient (Wildman–Crippen LogP) is 1.85. The number of hydrogen-bond acceptors (Lipinski definition) is 3. The summed E-state index contributed by atoms with van der Waals surface area (Å²) in [4.78, 5) is 0.149. The molecule has 0 aromatic heterocycles. The molecule has 0 amide bonds. The molecule has 17 heavy (non-hydrogen) atoms. The van der Waals surface area contributed by atoms with Crippen LogP contribution in [0.25, 0.3) is 0 Å². The maximum Gasteiger partial charge on any atom is 0.245 e. The molecule has 5 heteroatoms. The van der Waals surface area contributed by atoms with E-state index in [-0.39, 0.29) is 23.2 Å². The molecule has 4 nitrogen and oxygen atoms in total. The van der Waals surface area contributed by atoms with E-state index in [1.54, 1.807) is 24.3 Å². The van der Waals surface area contributed by atoms with Gasteiger partial charge in [0.2, 0.25) is 10.0 Å². The van der Waals surface area contributed by atoms with E-state index in [9.17, 15) is 8.42 Å². The van der Waals surface area contributed by atoms with E-state index in [1.165, 1.54) is 10.4 Å². The van der Waals surface area contributed by atoms with Gasteiger partial charge in [-0.25, -0.2) is 8.42 Å². The Balaban J connectivity index is 3.26. The van der Waals surface area contributed by atoms with Crippen LogP contribution in [0.4, 0.5) is 5.69 Å². The largest absolute Gasteiger partial charge is 0.398 e. The van der Waals surface area contributed by atoms with Crippen LogP contribution < -0.4 is 5.73 Å². The predicted molar refractivity (Wildman–Crippen MR) is 70.1 cm³/mol. The second kappa shape index (κ2) is 5.33. The third kappa shape index (κ3) is 2.87. The lowest BCUT2D eigenvalue weighted by Gasteiger charge is -2.25. The molecule has 0 fully saturated rings. The molecule has 0 bridgehead atoms. The van der Waals surface area contributed by atoms with E-state index in [0.717, 1.165) is 0 Å². The van der Waals surface area contributed by atoms with Gasteiger partial charge in [-0.15, -0.1) is 6.58 Å². The maximum absolute atomic E-state index is 12.4. The molecule has 1 aromatic rings. The summed E-state index contributed by atoms with van der Waals surface area (Å²) >= 11 is 0. The van der Waals surface area contributed by atoms with Crippen molar-refractivity contribution in [3.8, 4) is 0 Å². The normalized spacial score (nSPS) is 12.0. The van der Waals surface area contributed by atoms with E-state index in [0.29, 0.717) is 0 Å². The third-order valence-electron chi connectivity index (χ3n) is 2.39. The van der Waals surface area contributed by atoms with Gasteiger partial charge in [0.25, 0.3) is 0 Å². The minimum atomic E-state index is -3.56. The Morgan fingerprint density at radius 1 is 1.41 bits per heavy atom. The molecule has 0 aliphatic heterocycles. The quantitative estimate of drug-likeness (QED) is 0.644. The second-order valence-electron chi connectivity index (χ2n) is 3.99. The van der Waals surface area contributed by atoms with Crippen molar-refractivity contribution in [3.63, 3.8) is 0 Å². The lowest BCUT2D eigenvalue weighted by Crippen LogP contribution is -2.37. The van der Waals surface area contributed by atoms with Crippen LogP contribution in [-0.2, 0) is 10.0 Å². The summed E-state index contributed by atoms with van der Waals surface area (Å²) in [5, 5.41) is 0. The van der Waals surface area contributed by atoms with E-state index < -0.39 is 10.0 Å². The highest BCUT2D eigenvalue weighted by Crippen LogP contribution is 2.23. The van der Waals surface area contributed by atoms with Crippen LogP contribution >= 0.6 is 0 Å². The van der Waals surface area contributed by atoms with Crippen LogP contribution in [-0.4, -0.2) is 25.3 Å². The van der Waals surface area contributed by atoms with Gasteiger partial charge < -0.3 is 5.73 Å². The molecule has 0 unspecified atom stereocenters. The Labute approximate surface area is 103 Å². The molecule has 1 rings (SSSR count). The smallest absolute Gasteiger partial charge is 0.245 e. The van der Waals surface area contributed by atoms with Crippen LogP contribution in [0.5, 0.6) is 0 Å². The molecule has 94 valence electrons. The minimum Gasteiger partial charge on any atom is -0.398 e. The van der Waals surface area contributed by atoms with E-state index in [1.807, 2.05) is 13.8 Å². The van der Waals surface area contributed by atoms with Gasteiger partial charge in [-0.1, -0.05) is 18.2 Å². The summed E-state index contributed by atoms with van der Waals surface area (Å²) in [6.07, 6.45) is 1.57. The zero-order valence-corrected chi connectivity index (χ0v) is 10.9. The number of nitrogens with zero attached hydrogens (tertiary/aromatic N) is 1. The lowest BCUT2D eigenvalue weighted by atomic mass is 10.3. The first-order chi connectivity index (χ1) is 7.91. The number of benzene rings is 1. The molecule has 0 atom stereocenters. The van der Waals surface area contributed by atoms with Gasteiger partial charge >= 0.3 is 0 Å². The van der Waals surface area contributed by atoms with Crippen molar-refractivity contribution in [2.75, 3.05) is 12.3 Å². The summed E-state index contributed by atoms with van der Waals surface area (Å²) in [6.45, 7) is 7.49. The Morgan fingerprint density at radius 2 is 2.00 bits per heavy atom. The SMILES string of the molecule is C=CCN(C(C)C)S(=O)(=O)c1ccccc1N. The Hall–Kier alpha value is -1.33. The lowest BCUT2D eigenvalue weighted by molar-refractivity contribution is 0.383. The number of anilines is 1. The molecule has 0 radical (unpaired) electrons. The summed E-state index contributed by atoms with van der Waals surface area (Å²) in [5.41, 5.74) is 5.98. The monoisotopic (exact) mass is 254 g/mol. The second-order valence-corrected chi connectivity index (χ2v) is 5.85. The molecular weight excluding hydrogens is 236 g/mol. The van der Waals surface area contributed by atoms with E-state index in [4.69, 9.17) is 5.73 Å². The van der Waals surface area contributed by atoms with Crippen molar-refractivity contribution in [2.24, 2.45) is 0 Å². The zero-order valence-electron chi connectivity index (χ0n) is 10.1. The Kier molecular flexibility index (Phi) is 4.31. The molecule has 0 heterocycles. The van der Waals surface area contributed by atoms with E-state index >= 15 is 0 Å². The zero-order chi connectivity index (χ0) is 13.1. The number of nitrogens with two attached hydrogens (primary N) is 1. The highest BCUT2D eigenvalue weighted by atomic mass is 32.2. The van der Waals surface area contributed by atoms with Gasteiger partial charge in [-0.2, -0.15) is 4.31 Å². The van der Waals surface area contributed by atoms with Crippen molar-refractivity contribution >= 4 is 15.7 Å². The van der Waals surface area contributed by atoms with Crippen molar-refractivity contribution in [1.29, 1.82) is 0 Å². The first-order valence-electron chi connectivity index (χ1n) is 5.38. The summed E-state index contributed by atoms with van der Waals surface area (Å²) in [5.74, 6) is 0. The molecule has 1 aromatic carbocycles. The van der Waals surface area contributed by atoms with Crippen LogP contribution in [0.15, 0.2) is 41.8 Å². The molecular formula is C12H18N2O2S. The van der Waals surface area contributed by atoms with Crippen molar-refractivity contribution in [1.82, 2.24) is 4.31 Å². The molecule has 0 aliphatic rings. The summed E-state index contributed by atoms with van der Waals surface area (Å²) < 4.78 is 26.1. The number of hydrogen-bond donors (Lipinski definition) is 1. The van der Waals surface area contributed by atoms with Crippen molar-refractivity contribution in [2.45, 2.75) is 24.8 Å². The number of rotatable bonds is 5. The molecule has 0 aliphatic carbocycles. The number of para-hydroxylation sites is 1. The van der Waals surface area contributed by atoms with Crippen LogP contribution in [0.2, 0.25) is 0 Å². The van der Waals surface area contributed by atoms with Crippen LogP contribution in [0.3, 0.4) is 0 Å². The fraction of sp³-hybridized carbons (Fsp3) is 0.333. The summed E-state index contributed by atoms with van der Waals surface area (Å²) in [6, 6.07) is 6.33. The fourth-order valence-corrected chi connectivity index (χ4v) is 3.28. The Bertz CT molecular complexity index is 495.